The zero-order valence-corrected chi connectivity index (χ0v) is 8.99. The van der Waals surface area contributed by atoms with Gasteiger partial charge in [-0.1, -0.05) is 12.1 Å². The fourth-order valence-corrected chi connectivity index (χ4v) is 1.48. The first kappa shape index (κ1) is 11.5. The maximum Gasteiger partial charge on any atom is 0.416 e. The lowest BCUT2D eigenvalue weighted by molar-refractivity contribution is -0.137. The van der Waals surface area contributed by atoms with Gasteiger partial charge in [0.15, 0.2) is 0 Å². The first-order valence-corrected chi connectivity index (χ1v) is 4.84. The third-order valence-corrected chi connectivity index (χ3v) is 2.47. The lowest BCUT2D eigenvalue weighted by atomic mass is 10.1. The van der Waals surface area contributed by atoms with Crippen molar-refractivity contribution in [3.05, 3.63) is 36.2 Å². The SMILES string of the molecule is Cn1cnc(-c2ccc(C(F)(F)F)cc2)c1N. The molecule has 0 aliphatic carbocycles. The zero-order valence-electron chi connectivity index (χ0n) is 8.99. The molecule has 1 aromatic heterocycles. The minimum absolute atomic E-state index is 0.421. The monoisotopic (exact) mass is 241 g/mol. The third kappa shape index (κ3) is 2.11. The molecule has 0 radical (unpaired) electrons. The Labute approximate surface area is 95.7 Å². The number of halogens is 3. The van der Waals surface area contributed by atoms with Gasteiger partial charge in [0, 0.05) is 12.6 Å². The molecular formula is C11H10F3N3. The summed E-state index contributed by atoms with van der Waals surface area (Å²) in [7, 11) is 1.72. The largest absolute Gasteiger partial charge is 0.416 e. The second-order valence-corrected chi connectivity index (χ2v) is 3.66. The van der Waals surface area contributed by atoms with Gasteiger partial charge in [0.25, 0.3) is 0 Å². The van der Waals surface area contributed by atoms with Crippen LogP contribution in [-0.2, 0) is 13.2 Å². The quantitative estimate of drug-likeness (QED) is 0.834. The lowest BCUT2D eigenvalue weighted by Crippen LogP contribution is -2.04. The van der Waals surface area contributed by atoms with Gasteiger partial charge >= 0.3 is 6.18 Å². The molecule has 2 aromatic rings. The minimum atomic E-state index is -4.33. The van der Waals surface area contributed by atoms with Crippen molar-refractivity contribution in [1.29, 1.82) is 0 Å². The van der Waals surface area contributed by atoms with Gasteiger partial charge in [0.05, 0.1) is 11.9 Å². The Kier molecular flexibility index (Phi) is 2.57. The molecule has 0 fully saturated rings. The van der Waals surface area contributed by atoms with Crippen LogP contribution in [0.2, 0.25) is 0 Å². The number of rotatable bonds is 1. The van der Waals surface area contributed by atoms with Crippen LogP contribution < -0.4 is 5.73 Å². The van der Waals surface area contributed by atoms with E-state index in [1.54, 1.807) is 11.6 Å². The number of imidazole rings is 1. The van der Waals surface area contributed by atoms with E-state index in [0.29, 0.717) is 17.1 Å². The highest BCUT2D eigenvalue weighted by molar-refractivity contribution is 5.70. The van der Waals surface area contributed by atoms with Crippen molar-refractivity contribution in [1.82, 2.24) is 9.55 Å². The summed E-state index contributed by atoms with van der Waals surface area (Å²) < 4.78 is 38.7. The normalized spacial score (nSPS) is 11.8. The van der Waals surface area contributed by atoms with Crippen LogP contribution in [-0.4, -0.2) is 9.55 Å². The van der Waals surface area contributed by atoms with Gasteiger partial charge in [-0.25, -0.2) is 4.98 Å². The third-order valence-electron chi connectivity index (χ3n) is 2.47. The number of alkyl halides is 3. The summed E-state index contributed by atoms with van der Waals surface area (Å²) in [6.07, 6.45) is -2.81. The van der Waals surface area contributed by atoms with E-state index < -0.39 is 11.7 Å². The van der Waals surface area contributed by atoms with Gasteiger partial charge in [-0.05, 0) is 12.1 Å². The molecule has 0 atom stereocenters. The highest BCUT2D eigenvalue weighted by atomic mass is 19.4. The molecule has 2 rings (SSSR count). The van der Waals surface area contributed by atoms with E-state index in [0.717, 1.165) is 12.1 Å². The number of hydrogen-bond donors (Lipinski definition) is 1. The van der Waals surface area contributed by atoms with Crippen LogP contribution in [0.5, 0.6) is 0 Å². The zero-order chi connectivity index (χ0) is 12.6. The average molecular weight is 241 g/mol. The van der Waals surface area contributed by atoms with E-state index in [4.69, 9.17) is 5.73 Å². The Balaban J connectivity index is 2.40. The molecule has 17 heavy (non-hydrogen) atoms. The van der Waals surface area contributed by atoms with Crippen molar-refractivity contribution in [2.75, 3.05) is 5.73 Å². The van der Waals surface area contributed by atoms with Gasteiger partial charge in [-0.3, -0.25) is 0 Å². The summed E-state index contributed by atoms with van der Waals surface area (Å²) >= 11 is 0. The molecule has 0 spiro atoms. The summed E-state index contributed by atoms with van der Waals surface area (Å²) in [6.45, 7) is 0. The fraction of sp³-hybridized carbons (Fsp3) is 0.182. The van der Waals surface area contributed by atoms with Crippen molar-refractivity contribution in [3.63, 3.8) is 0 Å². The molecule has 2 N–H and O–H groups in total. The van der Waals surface area contributed by atoms with Crippen LogP contribution in [0.15, 0.2) is 30.6 Å². The number of hydrogen-bond acceptors (Lipinski definition) is 2. The second-order valence-electron chi connectivity index (χ2n) is 3.66. The van der Waals surface area contributed by atoms with Gasteiger partial charge in [-0.15, -0.1) is 0 Å². The average Bonchev–Trinajstić information content (AvgIpc) is 2.59. The van der Waals surface area contributed by atoms with Crippen LogP contribution in [0.25, 0.3) is 11.3 Å². The van der Waals surface area contributed by atoms with E-state index in [-0.39, 0.29) is 0 Å². The maximum atomic E-state index is 12.4. The molecule has 1 aromatic carbocycles. The Morgan fingerprint density at radius 2 is 1.76 bits per heavy atom. The number of nitrogens with zero attached hydrogens (tertiary/aromatic N) is 2. The molecule has 1 heterocycles. The Morgan fingerprint density at radius 3 is 2.18 bits per heavy atom. The maximum absolute atomic E-state index is 12.4. The predicted molar refractivity (Wildman–Crippen MR) is 58.1 cm³/mol. The van der Waals surface area contributed by atoms with Gasteiger partial charge in [0.1, 0.15) is 11.5 Å². The first-order chi connectivity index (χ1) is 7.89. The Hall–Kier alpha value is -1.98. The number of benzene rings is 1. The molecule has 0 bridgehead atoms. The Bertz CT molecular complexity index is 526. The minimum Gasteiger partial charge on any atom is -0.383 e. The molecule has 0 saturated heterocycles. The van der Waals surface area contributed by atoms with Crippen molar-refractivity contribution in [3.8, 4) is 11.3 Å². The molecule has 0 aliphatic rings. The van der Waals surface area contributed by atoms with Crippen LogP contribution >= 0.6 is 0 Å². The van der Waals surface area contributed by atoms with E-state index in [9.17, 15) is 13.2 Å². The predicted octanol–water partition coefficient (Wildman–Crippen LogP) is 2.69. The van der Waals surface area contributed by atoms with Crippen molar-refractivity contribution < 1.29 is 13.2 Å². The van der Waals surface area contributed by atoms with Gasteiger partial charge in [0.2, 0.25) is 0 Å². The lowest BCUT2D eigenvalue weighted by Gasteiger charge is -2.07. The smallest absolute Gasteiger partial charge is 0.383 e. The molecular weight excluding hydrogens is 231 g/mol. The van der Waals surface area contributed by atoms with Gasteiger partial charge < -0.3 is 10.3 Å². The van der Waals surface area contributed by atoms with Crippen molar-refractivity contribution in [2.24, 2.45) is 7.05 Å². The van der Waals surface area contributed by atoms with E-state index in [1.807, 2.05) is 0 Å². The standard InChI is InChI=1S/C11H10F3N3/c1-17-6-16-9(10(17)15)7-2-4-8(5-3-7)11(12,13)14/h2-6H,15H2,1H3. The fourth-order valence-electron chi connectivity index (χ4n) is 1.48. The molecule has 3 nitrogen and oxygen atoms in total. The summed E-state index contributed by atoms with van der Waals surface area (Å²) in [6, 6.07) is 4.76. The Morgan fingerprint density at radius 1 is 1.18 bits per heavy atom. The highest BCUT2D eigenvalue weighted by Gasteiger charge is 2.30. The molecule has 0 saturated carbocycles. The molecule has 0 amide bonds. The molecule has 0 unspecified atom stereocenters. The van der Waals surface area contributed by atoms with E-state index in [1.165, 1.54) is 18.5 Å². The van der Waals surface area contributed by atoms with E-state index >= 15 is 0 Å². The van der Waals surface area contributed by atoms with Crippen LogP contribution in [0.3, 0.4) is 0 Å². The summed E-state index contributed by atoms with van der Waals surface area (Å²) in [4.78, 5) is 4.03. The topological polar surface area (TPSA) is 43.8 Å². The number of nitrogen functional groups attached to an aromatic ring is 1. The number of nitrogens with two attached hydrogens (primary N) is 1. The highest BCUT2D eigenvalue weighted by Crippen LogP contribution is 2.31. The van der Waals surface area contributed by atoms with Crippen LogP contribution in [0.1, 0.15) is 5.56 Å². The summed E-state index contributed by atoms with van der Waals surface area (Å²) in [5, 5.41) is 0. The number of aromatic nitrogens is 2. The van der Waals surface area contributed by atoms with Gasteiger partial charge in [-0.2, -0.15) is 13.2 Å². The summed E-state index contributed by atoms with van der Waals surface area (Å²) in [5.74, 6) is 0.421. The second kappa shape index (κ2) is 3.80. The molecule has 0 aliphatic heterocycles. The van der Waals surface area contributed by atoms with Crippen molar-refractivity contribution in [2.45, 2.75) is 6.18 Å². The van der Waals surface area contributed by atoms with E-state index in [2.05, 4.69) is 4.98 Å². The molecule has 6 heteroatoms. The number of aryl methyl sites for hydroxylation is 1. The van der Waals surface area contributed by atoms with Crippen LogP contribution in [0, 0.1) is 0 Å². The molecule has 90 valence electrons. The number of anilines is 1. The van der Waals surface area contributed by atoms with Crippen LogP contribution in [0.4, 0.5) is 19.0 Å². The summed E-state index contributed by atoms with van der Waals surface area (Å²) in [5.41, 5.74) is 6.11. The first-order valence-electron chi connectivity index (χ1n) is 4.84. The van der Waals surface area contributed by atoms with Crippen molar-refractivity contribution >= 4 is 5.82 Å².